The fourth-order valence-corrected chi connectivity index (χ4v) is 3.37. The van der Waals surface area contributed by atoms with Crippen LogP contribution in [0.15, 0.2) is 48.5 Å². The van der Waals surface area contributed by atoms with E-state index in [1.807, 2.05) is 37.3 Å². The Balaban J connectivity index is 2.46. The summed E-state index contributed by atoms with van der Waals surface area (Å²) in [5, 5.41) is 3.87. The van der Waals surface area contributed by atoms with Gasteiger partial charge in [-0.15, -0.1) is 0 Å². The lowest BCUT2D eigenvalue weighted by Crippen LogP contribution is -2.21. The zero-order valence-electron chi connectivity index (χ0n) is 15.3. The molecule has 128 valence electrons. The molecule has 0 aliphatic heterocycles. The van der Waals surface area contributed by atoms with Crippen molar-refractivity contribution >= 4 is 16.8 Å². The number of amides is 1. The Morgan fingerprint density at radius 3 is 2.48 bits per heavy atom. The molecular formula is C22H24N2O. The van der Waals surface area contributed by atoms with Gasteiger partial charge >= 0.3 is 0 Å². The molecule has 1 heterocycles. The molecular weight excluding hydrogens is 308 g/mol. The van der Waals surface area contributed by atoms with E-state index in [4.69, 9.17) is 4.98 Å². The van der Waals surface area contributed by atoms with Crippen LogP contribution in [0, 0.1) is 6.92 Å². The largest absolute Gasteiger partial charge is 0.354 e. The average Bonchev–Trinajstić information content (AvgIpc) is 2.66. The monoisotopic (exact) mass is 332 g/mol. The van der Waals surface area contributed by atoms with Crippen LogP contribution >= 0.6 is 0 Å². The third-order valence-corrected chi connectivity index (χ3v) is 4.94. The van der Waals surface area contributed by atoms with Gasteiger partial charge in [-0.05, 0) is 47.6 Å². The first-order valence-electron chi connectivity index (χ1n) is 8.79. The van der Waals surface area contributed by atoms with Gasteiger partial charge < -0.3 is 5.32 Å². The van der Waals surface area contributed by atoms with E-state index in [-0.39, 0.29) is 5.91 Å². The first-order chi connectivity index (χ1) is 12.1. The van der Waals surface area contributed by atoms with Crippen molar-refractivity contribution < 1.29 is 4.79 Å². The molecule has 1 aromatic heterocycles. The van der Waals surface area contributed by atoms with Gasteiger partial charge in [-0.1, -0.05) is 56.3 Å². The van der Waals surface area contributed by atoms with Crippen LogP contribution in [-0.2, 0) is 0 Å². The highest BCUT2D eigenvalue weighted by Gasteiger charge is 2.20. The lowest BCUT2D eigenvalue weighted by atomic mass is 9.87. The van der Waals surface area contributed by atoms with Crippen molar-refractivity contribution in [3.05, 3.63) is 65.4 Å². The molecule has 0 aliphatic carbocycles. The molecule has 1 atom stereocenters. The molecule has 3 nitrogen and oxygen atoms in total. The molecule has 3 aromatic rings. The number of nitrogens with one attached hydrogen (secondary N) is 1. The number of hydrogen-bond donors (Lipinski definition) is 1. The number of aromatic nitrogens is 1. The number of benzene rings is 2. The molecule has 0 radical (unpaired) electrons. The number of rotatable bonds is 4. The van der Waals surface area contributed by atoms with Crippen molar-refractivity contribution in [1.29, 1.82) is 0 Å². The van der Waals surface area contributed by atoms with Gasteiger partial charge in [0.05, 0.1) is 5.52 Å². The van der Waals surface area contributed by atoms with E-state index < -0.39 is 0 Å². The van der Waals surface area contributed by atoms with Gasteiger partial charge in [0, 0.05) is 12.4 Å². The van der Waals surface area contributed by atoms with E-state index in [0.29, 0.717) is 11.6 Å². The molecule has 3 rings (SSSR count). The maximum absolute atomic E-state index is 12.4. The minimum Gasteiger partial charge on any atom is -0.354 e. The topological polar surface area (TPSA) is 42.0 Å². The second kappa shape index (κ2) is 7.06. The summed E-state index contributed by atoms with van der Waals surface area (Å²) in [6.07, 6.45) is 1.06. The molecule has 0 spiro atoms. The van der Waals surface area contributed by atoms with Gasteiger partial charge in [0.1, 0.15) is 5.69 Å². The maximum atomic E-state index is 12.4. The predicted molar refractivity (Wildman–Crippen MR) is 104 cm³/mol. The smallest absolute Gasteiger partial charge is 0.269 e. The Kier molecular flexibility index (Phi) is 4.84. The minimum atomic E-state index is -0.148. The second-order valence-electron chi connectivity index (χ2n) is 6.46. The average molecular weight is 332 g/mol. The first kappa shape index (κ1) is 17.2. The fourth-order valence-electron chi connectivity index (χ4n) is 3.37. The van der Waals surface area contributed by atoms with Crippen LogP contribution in [0.25, 0.3) is 22.0 Å². The molecule has 0 aliphatic rings. The lowest BCUT2D eigenvalue weighted by Gasteiger charge is -2.19. The minimum absolute atomic E-state index is 0.148. The molecule has 1 N–H and O–H groups in total. The van der Waals surface area contributed by atoms with Crippen molar-refractivity contribution in [1.82, 2.24) is 10.3 Å². The Hall–Kier alpha value is -2.68. The Bertz CT molecular complexity index is 916. The third-order valence-electron chi connectivity index (χ3n) is 4.94. The Morgan fingerprint density at radius 1 is 1.12 bits per heavy atom. The molecule has 25 heavy (non-hydrogen) atoms. The molecule has 0 fully saturated rings. The van der Waals surface area contributed by atoms with Crippen LogP contribution in [-0.4, -0.2) is 17.9 Å². The van der Waals surface area contributed by atoms with Gasteiger partial charge in [0.25, 0.3) is 5.91 Å². The molecule has 0 saturated heterocycles. The zero-order valence-corrected chi connectivity index (χ0v) is 15.3. The van der Waals surface area contributed by atoms with Gasteiger partial charge in [-0.25, -0.2) is 4.98 Å². The summed E-state index contributed by atoms with van der Waals surface area (Å²) in [7, 11) is 1.64. The van der Waals surface area contributed by atoms with E-state index in [0.717, 1.165) is 34.0 Å². The normalized spacial score (nSPS) is 12.2. The van der Waals surface area contributed by atoms with Crippen molar-refractivity contribution in [3.8, 4) is 11.1 Å². The highest BCUT2D eigenvalue weighted by atomic mass is 16.1. The number of pyridine rings is 1. The summed E-state index contributed by atoms with van der Waals surface area (Å²) in [5.41, 5.74) is 5.82. The number of fused-ring (bicyclic) bond motifs is 1. The van der Waals surface area contributed by atoms with E-state index >= 15 is 0 Å². The van der Waals surface area contributed by atoms with Crippen molar-refractivity contribution in [2.75, 3.05) is 7.05 Å². The van der Waals surface area contributed by atoms with E-state index in [2.05, 4.69) is 37.4 Å². The van der Waals surface area contributed by atoms with Crippen LogP contribution in [0.3, 0.4) is 0 Å². The van der Waals surface area contributed by atoms with E-state index in [9.17, 15) is 4.79 Å². The van der Waals surface area contributed by atoms with Crippen LogP contribution in [0.4, 0.5) is 0 Å². The maximum Gasteiger partial charge on any atom is 0.269 e. The highest BCUT2D eigenvalue weighted by molar-refractivity contribution is 6.05. The van der Waals surface area contributed by atoms with Gasteiger partial charge in [0.2, 0.25) is 0 Å². The van der Waals surface area contributed by atoms with Crippen molar-refractivity contribution in [3.63, 3.8) is 0 Å². The van der Waals surface area contributed by atoms with Gasteiger partial charge in [-0.3, -0.25) is 4.79 Å². The van der Waals surface area contributed by atoms with Crippen LogP contribution < -0.4 is 5.32 Å². The van der Waals surface area contributed by atoms with Gasteiger partial charge in [0.15, 0.2) is 0 Å². The molecule has 2 aromatic carbocycles. The van der Waals surface area contributed by atoms with Crippen LogP contribution in [0.2, 0.25) is 0 Å². The number of carbonyl (C=O) groups excluding carboxylic acids is 1. The van der Waals surface area contributed by atoms with E-state index in [1.54, 1.807) is 7.05 Å². The predicted octanol–water partition coefficient (Wildman–Crippen LogP) is 5.08. The van der Waals surface area contributed by atoms with Crippen molar-refractivity contribution in [2.24, 2.45) is 0 Å². The van der Waals surface area contributed by atoms with E-state index in [1.165, 1.54) is 5.56 Å². The molecule has 3 heteroatoms. The summed E-state index contributed by atoms with van der Waals surface area (Å²) in [4.78, 5) is 17.1. The summed E-state index contributed by atoms with van der Waals surface area (Å²) in [5.74, 6) is 0.281. The number of carbonyl (C=O) groups is 1. The summed E-state index contributed by atoms with van der Waals surface area (Å²) >= 11 is 0. The molecule has 0 bridgehead atoms. The SMILES string of the molecule is CCC(C)c1cccc2nc(C(=O)NC)c(C)c(-c3ccccc3)c12. The Morgan fingerprint density at radius 2 is 1.84 bits per heavy atom. The number of nitrogens with zero attached hydrogens (tertiary/aromatic N) is 1. The Labute approximate surface area is 149 Å². The number of hydrogen-bond acceptors (Lipinski definition) is 2. The summed E-state index contributed by atoms with van der Waals surface area (Å²) in [6, 6.07) is 16.5. The molecule has 1 amide bonds. The highest BCUT2D eigenvalue weighted by Crippen LogP contribution is 2.37. The second-order valence-corrected chi connectivity index (χ2v) is 6.46. The fraction of sp³-hybridized carbons (Fsp3) is 0.273. The van der Waals surface area contributed by atoms with Crippen LogP contribution in [0.1, 0.15) is 47.8 Å². The quantitative estimate of drug-likeness (QED) is 0.723. The summed E-state index contributed by atoms with van der Waals surface area (Å²) < 4.78 is 0. The molecule has 0 saturated carbocycles. The standard InChI is InChI=1S/C22H24N2O/c1-5-14(2)17-12-9-13-18-20(17)19(16-10-7-6-8-11-16)15(3)21(24-18)22(25)23-4/h6-14H,5H2,1-4H3,(H,23,25). The first-order valence-corrected chi connectivity index (χ1v) is 8.79. The van der Waals surface area contributed by atoms with Gasteiger partial charge in [-0.2, -0.15) is 0 Å². The van der Waals surface area contributed by atoms with Crippen LogP contribution in [0.5, 0.6) is 0 Å². The molecule has 1 unspecified atom stereocenters. The third kappa shape index (κ3) is 3.02. The summed E-state index contributed by atoms with van der Waals surface area (Å²) in [6.45, 7) is 6.43. The van der Waals surface area contributed by atoms with Crippen molar-refractivity contribution in [2.45, 2.75) is 33.1 Å². The zero-order chi connectivity index (χ0) is 18.0. The lowest BCUT2D eigenvalue weighted by molar-refractivity contribution is 0.0958.